The second kappa shape index (κ2) is 7.30. The Kier molecular flexibility index (Phi) is 5.27. The van der Waals surface area contributed by atoms with E-state index < -0.39 is 12.1 Å². The number of amides is 1. The van der Waals surface area contributed by atoms with Crippen LogP contribution in [0.2, 0.25) is 0 Å². The molecular weight excluding hydrogens is 353 g/mol. The quantitative estimate of drug-likeness (QED) is 0.880. The number of carboxylic acid groups (broad SMARTS) is 1. The molecule has 1 saturated carbocycles. The Hall–Kier alpha value is -2.03. The summed E-state index contributed by atoms with van der Waals surface area (Å²) in [4.78, 5) is 26.0. The van der Waals surface area contributed by atoms with Crippen LogP contribution in [-0.2, 0) is 4.79 Å². The lowest BCUT2D eigenvalue weighted by molar-refractivity contribution is -0.192. The van der Waals surface area contributed by atoms with Crippen molar-refractivity contribution in [3.63, 3.8) is 0 Å². The molecule has 26 heavy (non-hydrogen) atoms. The first kappa shape index (κ1) is 18.8. The zero-order chi connectivity index (χ0) is 18.9. The standard InChI is InChI=1S/C15H20N2O2.C2HF3O2/c18-15(12-5-8-19-10-12)17-7-4-13-14(17)3-6-16(13)9-11-1-2-11;3-2(4,5)1(6)7/h5,8,10-11,13-14H,1-4,6-7,9H2;(H,6,7)/t13-,14+;/m0./s1. The maximum Gasteiger partial charge on any atom is 0.490 e. The number of carbonyl (C=O) groups excluding carboxylic acids is 1. The van der Waals surface area contributed by atoms with Gasteiger partial charge in [-0.2, -0.15) is 13.2 Å². The van der Waals surface area contributed by atoms with Gasteiger partial charge < -0.3 is 14.4 Å². The molecule has 3 heterocycles. The highest BCUT2D eigenvalue weighted by atomic mass is 19.4. The summed E-state index contributed by atoms with van der Waals surface area (Å²) < 4.78 is 36.8. The van der Waals surface area contributed by atoms with Crippen molar-refractivity contribution in [2.24, 2.45) is 5.92 Å². The van der Waals surface area contributed by atoms with Gasteiger partial charge in [-0.3, -0.25) is 9.69 Å². The van der Waals surface area contributed by atoms with Crippen LogP contribution in [0.15, 0.2) is 23.0 Å². The van der Waals surface area contributed by atoms with Crippen LogP contribution in [0.1, 0.15) is 36.0 Å². The average molecular weight is 374 g/mol. The summed E-state index contributed by atoms with van der Waals surface area (Å²) in [6, 6.07) is 2.81. The van der Waals surface area contributed by atoms with Crippen LogP contribution in [-0.4, -0.2) is 64.7 Å². The second-order valence-electron chi connectivity index (χ2n) is 6.96. The van der Waals surface area contributed by atoms with Crippen molar-refractivity contribution in [3.05, 3.63) is 24.2 Å². The highest BCUT2D eigenvalue weighted by Gasteiger charge is 2.45. The number of aliphatic carboxylic acids is 1. The normalized spacial score (nSPS) is 25.6. The zero-order valence-electron chi connectivity index (χ0n) is 14.1. The predicted octanol–water partition coefficient (Wildman–Crippen LogP) is 2.61. The largest absolute Gasteiger partial charge is 0.490 e. The third-order valence-electron chi connectivity index (χ3n) is 5.15. The van der Waals surface area contributed by atoms with Gasteiger partial charge in [0.25, 0.3) is 5.91 Å². The molecule has 4 rings (SSSR count). The molecule has 0 radical (unpaired) electrons. The molecule has 1 aromatic heterocycles. The summed E-state index contributed by atoms with van der Waals surface area (Å²) >= 11 is 0. The Bertz CT molecular complexity index is 643. The van der Waals surface area contributed by atoms with Crippen LogP contribution in [0.5, 0.6) is 0 Å². The molecule has 144 valence electrons. The van der Waals surface area contributed by atoms with Gasteiger partial charge in [-0.25, -0.2) is 4.79 Å². The Morgan fingerprint density at radius 2 is 1.81 bits per heavy atom. The van der Waals surface area contributed by atoms with E-state index in [-0.39, 0.29) is 5.91 Å². The number of likely N-dealkylation sites (tertiary alicyclic amines) is 2. The molecular formula is C17H21F3N2O4. The van der Waals surface area contributed by atoms with Gasteiger partial charge in [-0.1, -0.05) is 0 Å². The second-order valence-corrected chi connectivity index (χ2v) is 6.96. The molecule has 1 N–H and O–H groups in total. The first-order chi connectivity index (χ1) is 12.3. The van der Waals surface area contributed by atoms with Crippen LogP contribution in [0, 0.1) is 5.92 Å². The van der Waals surface area contributed by atoms with E-state index >= 15 is 0 Å². The lowest BCUT2D eigenvalue weighted by atomic mass is 10.1. The summed E-state index contributed by atoms with van der Waals surface area (Å²) in [5.74, 6) is -1.67. The molecule has 2 saturated heterocycles. The first-order valence-corrected chi connectivity index (χ1v) is 8.64. The maximum absolute atomic E-state index is 12.4. The third kappa shape index (κ3) is 4.20. The van der Waals surface area contributed by atoms with Gasteiger partial charge in [-0.15, -0.1) is 0 Å². The zero-order valence-corrected chi connectivity index (χ0v) is 14.1. The molecule has 2 atom stereocenters. The number of alkyl halides is 3. The predicted molar refractivity (Wildman–Crippen MR) is 84.5 cm³/mol. The molecule has 0 unspecified atom stereocenters. The molecule has 2 aliphatic heterocycles. The smallest absolute Gasteiger partial charge is 0.475 e. The third-order valence-corrected chi connectivity index (χ3v) is 5.15. The minimum atomic E-state index is -5.08. The first-order valence-electron chi connectivity index (χ1n) is 8.64. The number of rotatable bonds is 3. The molecule has 0 bridgehead atoms. The van der Waals surface area contributed by atoms with Gasteiger partial charge in [0, 0.05) is 31.7 Å². The Balaban J connectivity index is 0.000000242. The van der Waals surface area contributed by atoms with Gasteiger partial charge in [0.1, 0.15) is 6.26 Å². The van der Waals surface area contributed by atoms with E-state index in [1.807, 2.05) is 0 Å². The van der Waals surface area contributed by atoms with Crippen LogP contribution < -0.4 is 0 Å². The number of carboxylic acids is 1. The number of halogens is 3. The number of nitrogens with zero attached hydrogens (tertiary/aromatic N) is 2. The van der Waals surface area contributed by atoms with Gasteiger partial charge in [0.15, 0.2) is 0 Å². The van der Waals surface area contributed by atoms with Crippen molar-refractivity contribution in [2.45, 2.75) is 43.9 Å². The van der Waals surface area contributed by atoms with Crippen molar-refractivity contribution in [1.29, 1.82) is 0 Å². The SMILES string of the molecule is O=C(O)C(F)(F)F.O=C(c1ccoc1)N1CC[C@H]2[C@H]1CCN2CC1CC1. The fraction of sp³-hybridized carbons (Fsp3) is 0.647. The topological polar surface area (TPSA) is 74.0 Å². The van der Waals surface area contributed by atoms with E-state index in [1.54, 1.807) is 18.6 Å². The fourth-order valence-electron chi connectivity index (χ4n) is 3.74. The molecule has 9 heteroatoms. The molecule has 0 aromatic carbocycles. The lowest BCUT2D eigenvalue weighted by Gasteiger charge is -2.25. The van der Waals surface area contributed by atoms with E-state index in [1.165, 1.54) is 25.9 Å². The number of furan rings is 1. The van der Waals surface area contributed by atoms with E-state index in [4.69, 9.17) is 14.3 Å². The van der Waals surface area contributed by atoms with E-state index in [0.717, 1.165) is 25.3 Å². The van der Waals surface area contributed by atoms with Gasteiger partial charge >= 0.3 is 12.1 Å². The van der Waals surface area contributed by atoms with Gasteiger partial charge in [0.2, 0.25) is 0 Å². The Morgan fingerprint density at radius 3 is 2.35 bits per heavy atom. The molecule has 0 spiro atoms. The summed E-state index contributed by atoms with van der Waals surface area (Å²) in [5, 5.41) is 7.12. The van der Waals surface area contributed by atoms with Crippen LogP contribution in [0.4, 0.5) is 13.2 Å². The molecule has 1 aromatic rings. The summed E-state index contributed by atoms with van der Waals surface area (Å²) in [6.45, 7) is 3.33. The van der Waals surface area contributed by atoms with Crippen molar-refractivity contribution < 1.29 is 32.3 Å². The van der Waals surface area contributed by atoms with Crippen molar-refractivity contribution >= 4 is 11.9 Å². The Labute approximate surface area is 148 Å². The van der Waals surface area contributed by atoms with Crippen LogP contribution in [0.3, 0.4) is 0 Å². The van der Waals surface area contributed by atoms with Gasteiger partial charge in [-0.05, 0) is 37.7 Å². The summed E-state index contributed by atoms with van der Waals surface area (Å²) in [5.41, 5.74) is 0.696. The van der Waals surface area contributed by atoms with Crippen molar-refractivity contribution in [3.8, 4) is 0 Å². The van der Waals surface area contributed by atoms with E-state index in [0.29, 0.717) is 17.6 Å². The van der Waals surface area contributed by atoms with E-state index in [9.17, 15) is 18.0 Å². The highest BCUT2D eigenvalue weighted by Crippen LogP contribution is 2.37. The minimum Gasteiger partial charge on any atom is -0.475 e. The minimum absolute atomic E-state index is 0.148. The number of carbonyl (C=O) groups is 2. The average Bonchev–Trinajstić information content (AvgIpc) is 3.00. The van der Waals surface area contributed by atoms with Crippen LogP contribution >= 0.6 is 0 Å². The Morgan fingerprint density at radius 1 is 1.15 bits per heavy atom. The molecule has 1 amide bonds. The molecule has 1 aliphatic carbocycles. The fourth-order valence-corrected chi connectivity index (χ4v) is 3.74. The highest BCUT2D eigenvalue weighted by molar-refractivity contribution is 5.94. The number of hydrogen-bond acceptors (Lipinski definition) is 4. The van der Waals surface area contributed by atoms with Crippen LogP contribution in [0.25, 0.3) is 0 Å². The van der Waals surface area contributed by atoms with Gasteiger partial charge in [0.05, 0.1) is 11.8 Å². The molecule has 3 aliphatic rings. The number of fused-ring (bicyclic) bond motifs is 1. The van der Waals surface area contributed by atoms with Crippen molar-refractivity contribution in [1.82, 2.24) is 9.80 Å². The number of hydrogen-bond donors (Lipinski definition) is 1. The summed E-state index contributed by atoms with van der Waals surface area (Å²) in [6.07, 6.45) is 3.15. The maximum atomic E-state index is 12.4. The van der Waals surface area contributed by atoms with Crippen molar-refractivity contribution in [2.75, 3.05) is 19.6 Å². The monoisotopic (exact) mass is 374 g/mol. The van der Waals surface area contributed by atoms with E-state index in [2.05, 4.69) is 9.80 Å². The summed E-state index contributed by atoms with van der Waals surface area (Å²) in [7, 11) is 0. The lowest BCUT2D eigenvalue weighted by Crippen LogP contribution is -2.40. The molecule has 3 fully saturated rings. The molecule has 6 nitrogen and oxygen atoms in total.